The zero-order chi connectivity index (χ0) is 21.5. The molecule has 30 heavy (non-hydrogen) atoms. The smallest absolute Gasteiger partial charge is 0.132 e. The van der Waals surface area contributed by atoms with E-state index in [9.17, 15) is 4.79 Å². The average Bonchev–Trinajstić information content (AvgIpc) is 3.22. The quantitative estimate of drug-likeness (QED) is 0.422. The largest absolute Gasteiger partial charge is 0.496 e. The zero-order valence-electron chi connectivity index (χ0n) is 18.2. The molecule has 6 heteroatoms. The lowest BCUT2D eigenvalue weighted by Gasteiger charge is -2.10. The number of nitrogens with two attached hydrogens (primary N) is 1. The number of unbranched alkanes of at least 4 members (excludes halogenated alkanes) is 2. The number of carbonyl (C=O) groups excluding carboxylic acids is 1. The molecule has 0 unspecified atom stereocenters. The van der Waals surface area contributed by atoms with Crippen LogP contribution in [-0.4, -0.2) is 27.8 Å². The number of fused-ring (bicyclic) bond motifs is 1. The van der Waals surface area contributed by atoms with Crippen LogP contribution >= 0.6 is 0 Å². The Labute approximate surface area is 178 Å². The number of nitrogens with one attached hydrogen (secondary N) is 1. The Morgan fingerprint density at radius 2 is 2.03 bits per heavy atom. The van der Waals surface area contributed by atoms with Gasteiger partial charge in [0.05, 0.1) is 30.6 Å². The zero-order valence-corrected chi connectivity index (χ0v) is 18.2. The van der Waals surface area contributed by atoms with Crippen molar-refractivity contribution in [1.29, 1.82) is 0 Å². The maximum Gasteiger partial charge on any atom is 0.132 e. The van der Waals surface area contributed by atoms with E-state index in [1.807, 2.05) is 32.2 Å². The number of imidazole rings is 1. The molecule has 0 aliphatic rings. The van der Waals surface area contributed by atoms with Crippen molar-refractivity contribution in [3.8, 4) is 17.0 Å². The van der Waals surface area contributed by atoms with Gasteiger partial charge in [0, 0.05) is 35.6 Å². The Bertz CT molecular complexity index is 996. The summed E-state index contributed by atoms with van der Waals surface area (Å²) < 4.78 is 5.60. The van der Waals surface area contributed by atoms with Crippen molar-refractivity contribution in [3.05, 3.63) is 42.0 Å². The third kappa shape index (κ3) is 5.45. The molecule has 0 radical (unpaired) electrons. The number of hydrogen-bond acceptors (Lipinski definition) is 5. The number of ketones is 1. The number of ether oxygens (including phenoxy) is 1. The van der Waals surface area contributed by atoms with E-state index in [1.165, 1.54) is 0 Å². The molecule has 0 saturated carbocycles. The SMILES string of the molecule is CCCC(=O)CCCCC[C@H](N)c1ncc(-c2cc3ccc(C)nc3cc2OC)[nH]1. The van der Waals surface area contributed by atoms with Gasteiger partial charge in [0.2, 0.25) is 0 Å². The lowest BCUT2D eigenvalue weighted by atomic mass is 10.0. The number of aromatic amines is 1. The molecule has 0 aliphatic carbocycles. The van der Waals surface area contributed by atoms with Crippen molar-refractivity contribution in [1.82, 2.24) is 15.0 Å². The first-order chi connectivity index (χ1) is 14.5. The number of rotatable bonds is 11. The number of nitrogens with zero attached hydrogens (tertiary/aromatic N) is 2. The molecular weight excluding hydrogens is 376 g/mol. The number of pyridine rings is 1. The van der Waals surface area contributed by atoms with Crippen LogP contribution in [0.4, 0.5) is 0 Å². The van der Waals surface area contributed by atoms with Crippen LogP contribution in [-0.2, 0) is 4.79 Å². The number of benzene rings is 1. The summed E-state index contributed by atoms with van der Waals surface area (Å²) in [5, 5.41) is 1.05. The molecule has 6 nitrogen and oxygen atoms in total. The van der Waals surface area contributed by atoms with E-state index >= 15 is 0 Å². The van der Waals surface area contributed by atoms with Gasteiger partial charge in [-0.25, -0.2) is 4.98 Å². The molecule has 3 rings (SSSR count). The first-order valence-corrected chi connectivity index (χ1v) is 10.8. The fraction of sp³-hybridized carbons (Fsp3) is 0.458. The van der Waals surface area contributed by atoms with Crippen LogP contribution < -0.4 is 10.5 Å². The Morgan fingerprint density at radius 3 is 2.80 bits per heavy atom. The van der Waals surface area contributed by atoms with E-state index < -0.39 is 0 Å². The van der Waals surface area contributed by atoms with Gasteiger partial charge < -0.3 is 15.5 Å². The van der Waals surface area contributed by atoms with Gasteiger partial charge in [0.15, 0.2) is 0 Å². The van der Waals surface area contributed by atoms with Gasteiger partial charge >= 0.3 is 0 Å². The second-order valence-electron chi connectivity index (χ2n) is 7.87. The second kappa shape index (κ2) is 10.3. The number of H-pyrrole nitrogens is 1. The predicted molar refractivity (Wildman–Crippen MR) is 121 cm³/mol. The fourth-order valence-corrected chi connectivity index (χ4v) is 3.70. The summed E-state index contributed by atoms with van der Waals surface area (Å²) in [6.45, 7) is 4.02. The molecule has 1 atom stereocenters. The molecule has 2 heterocycles. The van der Waals surface area contributed by atoms with E-state index in [1.54, 1.807) is 7.11 Å². The minimum atomic E-state index is -0.152. The highest BCUT2D eigenvalue weighted by atomic mass is 16.5. The summed E-state index contributed by atoms with van der Waals surface area (Å²) >= 11 is 0. The summed E-state index contributed by atoms with van der Waals surface area (Å²) in [6.07, 6.45) is 7.91. The minimum Gasteiger partial charge on any atom is -0.496 e. The highest BCUT2D eigenvalue weighted by molar-refractivity contribution is 5.87. The van der Waals surface area contributed by atoms with Crippen LogP contribution in [0.2, 0.25) is 0 Å². The summed E-state index contributed by atoms with van der Waals surface area (Å²) in [7, 11) is 1.66. The molecule has 0 amide bonds. The molecule has 0 bridgehead atoms. The van der Waals surface area contributed by atoms with E-state index in [0.29, 0.717) is 18.6 Å². The molecule has 2 aromatic heterocycles. The summed E-state index contributed by atoms with van der Waals surface area (Å²) in [5.41, 5.74) is 10.1. The third-order valence-electron chi connectivity index (χ3n) is 5.39. The van der Waals surface area contributed by atoms with Gasteiger partial charge in [-0.15, -0.1) is 0 Å². The van der Waals surface area contributed by atoms with Crippen LogP contribution in [0.25, 0.3) is 22.2 Å². The van der Waals surface area contributed by atoms with Crippen molar-refractivity contribution < 1.29 is 9.53 Å². The van der Waals surface area contributed by atoms with Crippen molar-refractivity contribution in [3.63, 3.8) is 0 Å². The highest BCUT2D eigenvalue weighted by Crippen LogP contribution is 2.33. The van der Waals surface area contributed by atoms with Crippen molar-refractivity contribution in [2.45, 2.75) is 64.8 Å². The molecule has 0 fully saturated rings. The van der Waals surface area contributed by atoms with Crippen LogP contribution in [0.15, 0.2) is 30.5 Å². The van der Waals surface area contributed by atoms with Crippen LogP contribution in [0.5, 0.6) is 5.75 Å². The number of hydrogen-bond donors (Lipinski definition) is 2. The Hall–Kier alpha value is -2.73. The predicted octanol–water partition coefficient (Wildman–Crippen LogP) is 5.26. The average molecular weight is 409 g/mol. The van der Waals surface area contributed by atoms with Gasteiger partial charge in [0.25, 0.3) is 0 Å². The molecule has 1 aromatic carbocycles. The first-order valence-electron chi connectivity index (χ1n) is 10.8. The first kappa shape index (κ1) is 22.0. The second-order valence-corrected chi connectivity index (χ2v) is 7.87. The fourth-order valence-electron chi connectivity index (χ4n) is 3.70. The molecule has 0 spiro atoms. The Morgan fingerprint density at radius 1 is 1.20 bits per heavy atom. The van der Waals surface area contributed by atoms with Crippen LogP contribution in [0, 0.1) is 6.92 Å². The Kier molecular flexibility index (Phi) is 7.57. The van der Waals surface area contributed by atoms with E-state index in [2.05, 4.69) is 27.1 Å². The number of carbonyl (C=O) groups is 1. The van der Waals surface area contributed by atoms with Gasteiger partial charge in [-0.2, -0.15) is 0 Å². The molecular formula is C24H32N4O2. The number of aromatic nitrogens is 3. The van der Waals surface area contributed by atoms with Gasteiger partial charge in [-0.3, -0.25) is 9.78 Å². The third-order valence-corrected chi connectivity index (χ3v) is 5.39. The maximum atomic E-state index is 11.6. The molecule has 3 aromatic rings. The Balaban J connectivity index is 1.64. The topological polar surface area (TPSA) is 93.9 Å². The van der Waals surface area contributed by atoms with Crippen molar-refractivity contribution >= 4 is 16.7 Å². The molecule has 3 N–H and O–H groups in total. The van der Waals surface area contributed by atoms with Crippen LogP contribution in [0.1, 0.15) is 69.4 Å². The maximum absolute atomic E-state index is 11.6. The summed E-state index contributed by atoms with van der Waals surface area (Å²) in [6, 6.07) is 7.94. The van der Waals surface area contributed by atoms with E-state index in [-0.39, 0.29) is 6.04 Å². The number of aryl methyl sites for hydroxylation is 1. The van der Waals surface area contributed by atoms with E-state index in [4.69, 9.17) is 10.5 Å². The highest BCUT2D eigenvalue weighted by Gasteiger charge is 2.15. The van der Waals surface area contributed by atoms with Crippen molar-refractivity contribution in [2.75, 3.05) is 7.11 Å². The summed E-state index contributed by atoms with van der Waals surface area (Å²) in [5.74, 6) is 1.89. The van der Waals surface area contributed by atoms with Gasteiger partial charge in [-0.1, -0.05) is 25.8 Å². The van der Waals surface area contributed by atoms with Gasteiger partial charge in [0.1, 0.15) is 17.4 Å². The standard InChI is InChI=1S/C24H32N4O2/c1-4-8-18(29)9-6-5-7-10-20(25)24-26-15-22(28-24)19-13-17-12-11-16(2)27-21(17)14-23(19)30-3/h11-15,20H,4-10,25H2,1-3H3,(H,26,28)/t20-/m0/s1. The minimum absolute atomic E-state index is 0.152. The van der Waals surface area contributed by atoms with Crippen molar-refractivity contribution in [2.24, 2.45) is 5.73 Å². The number of Topliss-reactive ketones (excluding diaryl/α,β-unsaturated/α-hetero) is 1. The normalized spacial score (nSPS) is 12.3. The number of methoxy groups -OCH3 is 1. The molecule has 0 saturated heterocycles. The van der Waals surface area contributed by atoms with Crippen LogP contribution in [0.3, 0.4) is 0 Å². The summed E-state index contributed by atoms with van der Waals surface area (Å²) in [4.78, 5) is 24.0. The monoisotopic (exact) mass is 408 g/mol. The lowest BCUT2D eigenvalue weighted by Crippen LogP contribution is -2.12. The molecule has 0 aliphatic heterocycles. The van der Waals surface area contributed by atoms with E-state index in [0.717, 1.165) is 71.5 Å². The molecule has 160 valence electrons. The lowest BCUT2D eigenvalue weighted by molar-refractivity contribution is -0.119. The van der Waals surface area contributed by atoms with Gasteiger partial charge in [-0.05, 0) is 38.3 Å².